The second kappa shape index (κ2) is 4.35. The minimum atomic E-state index is -1.03. The first-order valence-corrected chi connectivity index (χ1v) is 5.47. The molecule has 1 aromatic carbocycles. The molecule has 1 heterocycles. The van der Waals surface area contributed by atoms with Crippen molar-refractivity contribution in [3.05, 3.63) is 28.9 Å². The molecule has 0 amide bonds. The lowest BCUT2D eigenvalue weighted by Crippen LogP contribution is -2.32. The molecule has 0 saturated heterocycles. The van der Waals surface area contributed by atoms with Crippen LogP contribution in [-0.2, 0) is 18.3 Å². The van der Waals surface area contributed by atoms with Crippen molar-refractivity contribution in [3.8, 4) is 0 Å². The molecule has 1 atom stereocenters. The van der Waals surface area contributed by atoms with Crippen LogP contribution in [0.4, 0.5) is 0 Å². The standard InChI is InChI=1S/C11H12ClN3O2/c1-15-8-4-2-3-6(5-7(13)11(16)17)9(8)10(12)14-15/h2-4,7H,5,13H2,1H3,(H,16,17). The Morgan fingerprint density at radius 3 is 3.00 bits per heavy atom. The molecule has 0 aliphatic rings. The first kappa shape index (κ1) is 11.9. The fraction of sp³-hybridized carbons (Fsp3) is 0.273. The molecule has 17 heavy (non-hydrogen) atoms. The highest BCUT2D eigenvalue weighted by Gasteiger charge is 2.17. The van der Waals surface area contributed by atoms with Crippen molar-refractivity contribution in [1.29, 1.82) is 0 Å². The van der Waals surface area contributed by atoms with Crippen LogP contribution in [0.3, 0.4) is 0 Å². The van der Waals surface area contributed by atoms with E-state index in [1.807, 2.05) is 18.2 Å². The molecule has 0 radical (unpaired) electrons. The summed E-state index contributed by atoms with van der Waals surface area (Å²) in [6.07, 6.45) is 0.234. The highest BCUT2D eigenvalue weighted by atomic mass is 35.5. The third kappa shape index (κ3) is 2.11. The maximum absolute atomic E-state index is 10.8. The molecule has 90 valence electrons. The summed E-state index contributed by atoms with van der Waals surface area (Å²) < 4.78 is 1.66. The number of carbonyl (C=O) groups is 1. The third-order valence-corrected chi connectivity index (χ3v) is 2.94. The maximum atomic E-state index is 10.8. The molecule has 0 aliphatic carbocycles. The first-order chi connectivity index (χ1) is 8.00. The minimum absolute atomic E-state index is 0.234. The molecule has 5 nitrogen and oxygen atoms in total. The molecule has 3 N–H and O–H groups in total. The number of rotatable bonds is 3. The molecule has 0 spiro atoms. The summed E-state index contributed by atoms with van der Waals surface area (Å²) >= 11 is 6.03. The number of carboxylic acid groups (broad SMARTS) is 1. The highest BCUT2D eigenvalue weighted by molar-refractivity contribution is 6.34. The van der Waals surface area contributed by atoms with Gasteiger partial charge in [-0.15, -0.1) is 0 Å². The van der Waals surface area contributed by atoms with Gasteiger partial charge in [-0.1, -0.05) is 23.7 Å². The average molecular weight is 254 g/mol. The van der Waals surface area contributed by atoms with Gasteiger partial charge in [0.05, 0.1) is 5.52 Å². The summed E-state index contributed by atoms with van der Waals surface area (Å²) in [4.78, 5) is 10.8. The van der Waals surface area contributed by atoms with E-state index in [4.69, 9.17) is 22.4 Å². The Morgan fingerprint density at radius 1 is 1.65 bits per heavy atom. The molecule has 0 fully saturated rings. The largest absolute Gasteiger partial charge is 0.480 e. The van der Waals surface area contributed by atoms with Crippen molar-refractivity contribution in [3.63, 3.8) is 0 Å². The van der Waals surface area contributed by atoms with E-state index in [1.54, 1.807) is 11.7 Å². The minimum Gasteiger partial charge on any atom is -0.480 e. The summed E-state index contributed by atoms with van der Waals surface area (Å²) in [5.41, 5.74) is 7.19. The summed E-state index contributed by atoms with van der Waals surface area (Å²) in [6.45, 7) is 0. The van der Waals surface area contributed by atoms with E-state index in [1.165, 1.54) is 0 Å². The number of nitrogens with zero attached hydrogens (tertiary/aromatic N) is 2. The van der Waals surface area contributed by atoms with Gasteiger partial charge >= 0.3 is 5.97 Å². The number of aryl methyl sites for hydroxylation is 1. The monoisotopic (exact) mass is 253 g/mol. The zero-order valence-corrected chi connectivity index (χ0v) is 9.98. The summed E-state index contributed by atoms with van der Waals surface area (Å²) in [7, 11) is 1.79. The van der Waals surface area contributed by atoms with Crippen molar-refractivity contribution < 1.29 is 9.90 Å². The van der Waals surface area contributed by atoms with E-state index < -0.39 is 12.0 Å². The van der Waals surface area contributed by atoms with Gasteiger partial charge in [-0.05, 0) is 18.1 Å². The topological polar surface area (TPSA) is 81.1 Å². The zero-order chi connectivity index (χ0) is 12.6. The Labute approximate surface area is 103 Å². The number of aromatic nitrogens is 2. The van der Waals surface area contributed by atoms with Gasteiger partial charge in [-0.25, -0.2) is 0 Å². The van der Waals surface area contributed by atoms with E-state index in [-0.39, 0.29) is 6.42 Å². The molecule has 0 bridgehead atoms. The predicted octanol–water partition coefficient (Wildman–Crippen LogP) is 1.18. The second-order valence-electron chi connectivity index (χ2n) is 3.87. The van der Waals surface area contributed by atoms with E-state index in [9.17, 15) is 4.79 Å². The fourth-order valence-corrected chi connectivity index (χ4v) is 2.16. The number of benzene rings is 1. The summed E-state index contributed by atoms with van der Waals surface area (Å²) in [5.74, 6) is -1.03. The molecular weight excluding hydrogens is 242 g/mol. The van der Waals surface area contributed by atoms with Crippen molar-refractivity contribution in [2.75, 3.05) is 0 Å². The van der Waals surface area contributed by atoms with Crippen LogP contribution in [0.5, 0.6) is 0 Å². The molecule has 1 aromatic heterocycles. The zero-order valence-electron chi connectivity index (χ0n) is 9.22. The Bertz CT molecular complexity index is 579. The van der Waals surface area contributed by atoms with Gasteiger partial charge in [-0.3, -0.25) is 9.48 Å². The van der Waals surface area contributed by atoms with Gasteiger partial charge in [0.25, 0.3) is 0 Å². The highest BCUT2D eigenvalue weighted by Crippen LogP contribution is 2.26. The second-order valence-corrected chi connectivity index (χ2v) is 4.23. The SMILES string of the molecule is Cn1nc(Cl)c2c(CC(N)C(=O)O)cccc21. The van der Waals surface area contributed by atoms with Crippen LogP contribution in [0.1, 0.15) is 5.56 Å². The van der Waals surface area contributed by atoms with Crippen molar-refractivity contribution >= 4 is 28.5 Å². The molecule has 1 unspecified atom stereocenters. The molecular formula is C11H12ClN3O2. The Hall–Kier alpha value is -1.59. The van der Waals surface area contributed by atoms with Crippen molar-refractivity contribution in [1.82, 2.24) is 9.78 Å². The lowest BCUT2D eigenvalue weighted by Gasteiger charge is -2.07. The van der Waals surface area contributed by atoms with Crippen LogP contribution in [0.15, 0.2) is 18.2 Å². The summed E-state index contributed by atoms with van der Waals surface area (Å²) in [6, 6.07) is 4.60. The van der Waals surface area contributed by atoms with Crippen LogP contribution in [0.2, 0.25) is 5.15 Å². The van der Waals surface area contributed by atoms with Crippen molar-refractivity contribution in [2.24, 2.45) is 12.8 Å². The van der Waals surface area contributed by atoms with Gasteiger partial charge in [0, 0.05) is 12.4 Å². The van der Waals surface area contributed by atoms with Crippen LogP contribution < -0.4 is 5.73 Å². The van der Waals surface area contributed by atoms with Gasteiger partial charge in [0.2, 0.25) is 0 Å². The fourth-order valence-electron chi connectivity index (χ4n) is 1.82. The van der Waals surface area contributed by atoms with Crippen LogP contribution >= 0.6 is 11.6 Å². The van der Waals surface area contributed by atoms with Crippen LogP contribution in [0, 0.1) is 0 Å². The third-order valence-electron chi connectivity index (χ3n) is 2.68. The van der Waals surface area contributed by atoms with E-state index in [0.29, 0.717) is 5.15 Å². The Kier molecular flexibility index (Phi) is 3.04. The number of hydrogen-bond donors (Lipinski definition) is 2. The number of hydrogen-bond acceptors (Lipinski definition) is 3. The maximum Gasteiger partial charge on any atom is 0.320 e. The smallest absolute Gasteiger partial charge is 0.320 e. The molecule has 2 rings (SSSR count). The van der Waals surface area contributed by atoms with Gasteiger partial charge in [0.1, 0.15) is 6.04 Å². The van der Waals surface area contributed by atoms with Gasteiger partial charge in [-0.2, -0.15) is 5.10 Å². The number of carboxylic acids is 1. The number of halogens is 1. The van der Waals surface area contributed by atoms with E-state index in [0.717, 1.165) is 16.5 Å². The summed E-state index contributed by atoms with van der Waals surface area (Å²) in [5, 5.41) is 14.1. The normalized spacial score (nSPS) is 12.9. The quantitative estimate of drug-likeness (QED) is 0.861. The Morgan fingerprint density at radius 2 is 2.35 bits per heavy atom. The number of nitrogens with two attached hydrogens (primary N) is 1. The van der Waals surface area contributed by atoms with Gasteiger partial charge < -0.3 is 10.8 Å². The van der Waals surface area contributed by atoms with E-state index >= 15 is 0 Å². The van der Waals surface area contributed by atoms with Crippen LogP contribution in [-0.4, -0.2) is 26.9 Å². The molecule has 6 heteroatoms. The lowest BCUT2D eigenvalue weighted by atomic mass is 10.0. The van der Waals surface area contributed by atoms with Crippen molar-refractivity contribution in [2.45, 2.75) is 12.5 Å². The average Bonchev–Trinajstić information content (AvgIpc) is 2.55. The number of fused-ring (bicyclic) bond motifs is 1. The van der Waals surface area contributed by atoms with Gasteiger partial charge in [0.15, 0.2) is 5.15 Å². The molecule has 0 saturated carbocycles. The predicted molar refractivity (Wildman–Crippen MR) is 65.0 cm³/mol. The lowest BCUT2D eigenvalue weighted by molar-refractivity contribution is -0.138. The number of aliphatic carboxylic acids is 1. The first-order valence-electron chi connectivity index (χ1n) is 5.09. The van der Waals surface area contributed by atoms with Crippen LogP contribution in [0.25, 0.3) is 10.9 Å². The molecule has 0 aliphatic heterocycles. The van der Waals surface area contributed by atoms with E-state index in [2.05, 4.69) is 5.10 Å². The molecule has 2 aromatic rings. The Balaban J connectivity index is 2.51.